The number of nitrogens with one attached hydrogen (secondary N) is 2. The van der Waals surface area contributed by atoms with Crippen molar-refractivity contribution in [2.45, 2.75) is 25.9 Å². The Balaban J connectivity index is 1.97. The molecule has 5 nitrogen and oxygen atoms in total. The maximum Gasteiger partial charge on any atom is 0.271 e. The van der Waals surface area contributed by atoms with Crippen LogP contribution in [0.3, 0.4) is 0 Å². The molecule has 0 fully saturated rings. The Labute approximate surface area is 115 Å². The van der Waals surface area contributed by atoms with E-state index in [9.17, 15) is 9.90 Å². The van der Waals surface area contributed by atoms with Gasteiger partial charge in [-0.05, 0) is 41.8 Å². The molecule has 0 spiro atoms. The molecule has 0 aliphatic heterocycles. The van der Waals surface area contributed by atoms with E-state index in [2.05, 4.69) is 15.5 Å². The molecule has 0 aliphatic carbocycles. The van der Waals surface area contributed by atoms with Crippen LogP contribution in [0.4, 0.5) is 0 Å². The highest BCUT2D eigenvalue weighted by Crippen LogP contribution is 2.22. The summed E-state index contributed by atoms with van der Waals surface area (Å²) in [5.41, 5.74) is 0.987. The Bertz CT molecular complexity index is 546. The third-order valence-electron chi connectivity index (χ3n) is 2.98. The van der Waals surface area contributed by atoms with Crippen LogP contribution >= 0.6 is 11.3 Å². The van der Waals surface area contributed by atoms with Gasteiger partial charge in [0, 0.05) is 5.69 Å². The molecule has 1 unspecified atom stereocenters. The van der Waals surface area contributed by atoms with Crippen molar-refractivity contribution in [3.05, 3.63) is 39.8 Å². The summed E-state index contributed by atoms with van der Waals surface area (Å²) in [5, 5.41) is 23.5. The van der Waals surface area contributed by atoms with Crippen molar-refractivity contribution < 1.29 is 9.90 Å². The summed E-state index contributed by atoms with van der Waals surface area (Å²) in [6.45, 7) is 3.81. The fourth-order valence-electron chi connectivity index (χ4n) is 1.67. The number of aromatic amines is 1. The highest BCUT2D eigenvalue weighted by Gasteiger charge is 2.24. The van der Waals surface area contributed by atoms with Gasteiger partial charge in [0.25, 0.3) is 5.91 Å². The van der Waals surface area contributed by atoms with Gasteiger partial charge in [0.2, 0.25) is 0 Å². The predicted octanol–water partition coefficient (Wildman–Crippen LogP) is 1.67. The monoisotopic (exact) mass is 279 g/mol. The van der Waals surface area contributed by atoms with Crippen molar-refractivity contribution >= 4 is 17.2 Å². The summed E-state index contributed by atoms with van der Waals surface area (Å²) in [6.07, 6.45) is 0.799. The molecule has 102 valence electrons. The van der Waals surface area contributed by atoms with Crippen molar-refractivity contribution in [2.24, 2.45) is 0 Å². The lowest BCUT2D eigenvalue weighted by molar-refractivity contribution is 0.0528. The van der Waals surface area contributed by atoms with Gasteiger partial charge in [-0.1, -0.05) is 6.92 Å². The zero-order valence-corrected chi connectivity index (χ0v) is 11.8. The maximum atomic E-state index is 11.9. The molecule has 2 rings (SSSR count). The number of rotatable bonds is 5. The van der Waals surface area contributed by atoms with Gasteiger partial charge in [0.15, 0.2) is 0 Å². The van der Waals surface area contributed by atoms with Gasteiger partial charge in [-0.15, -0.1) is 0 Å². The molecule has 3 N–H and O–H groups in total. The smallest absolute Gasteiger partial charge is 0.271 e. The molecule has 0 radical (unpaired) electrons. The SMILES string of the molecule is CCc1cc(C(=O)NCC(C)(O)c2ccsc2)n[nH]1. The number of carbonyl (C=O) groups is 1. The largest absolute Gasteiger partial charge is 0.384 e. The number of nitrogens with zero attached hydrogens (tertiary/aromatic N) is 1. The molecule has 0 saturated heterocycles. The fourth-order valence-corrected chi connectivity index (χ4v) is 2.46. The lowest BCUT2D eigenvalue weighted by Gasteiger charge is -2.22. The first-order valence-electron chi connectivity index (χ1n) is 6.10. The number of H-pyrrole nitrogens is 1. The van der Waals surface area contributed by atoms with Gasteiger partial charge in [-0.3, -0.25) is 9.89 Å². The highest BCUT2D eigenvalue weighted by atomic mass is 32.1. The van der Waals surface area contributed by atoms with Crippen molar-refractivity contribution in [3.8, 4) is 0 Å². The minimum Gasteiger partial charge on any atom is -0.384 e. The Kier molecular flexibility index (Phi) is 4.01. The molecule has 6 heteroatoms. The first kappa shape index (κ1) is 13.8. The van der Waals surface area contributed by atoms with Gasteiger partial charge in [0.05, 0.1) is 6.54 Å². The number of hydrogen-bond donors (Lipinski definition) is 3. The molecule has 2 heterocycles. The second-order valence-corrected chi connectivity index (χ2v) is 5.38. The van der Waals surface area contributed by atoms with Crippen LogP contribution in [0.1, 0.15) is 35.6 Å². The minimum absolute atomic E-state index is 0.150. The van der Waals surface area contributed by atoms with Crippen LogP contribution in [0.5, 0.6) is 0 Å². The van der Waals surface area contributed by atoms with E-state index in [-0.39, 0.29) is 12.5 Å². The number of amides is 1. The van der Waals surface area contributed by atoms with Crippen LogP contribution in [0.15, 0.2) is 22.9 Å². The standard InChI is InChI=1S/C13H17N3O2S/c1-3-10-6-11(16-15-10)12(17)14-8-13(2,18)9-4-5-19-7-9/h4-7,18H,3,8H2,1-2H3,(H,14,17)(H,15,16). The molecule has 0 bridgehead atoms. The Morgan fingerprint density at radius 1 is 1.63 bits per heavy atom. The molecule has 0 aliphatic rings. The van der Waals surface area contributed by atoms with Gasteiger partial charge in [-0.2, -0.15) is 16.4 Å². The number of aliphatic hydroxyl groups is 1. The van der Waals surface area contributed by atoms with Gasteiger partial charge in [-0.25, -0.2) is 0 Å². The van der Waals surface area contributed by atoms with Gasteiger partial charge < -0.3 is 10.4 Å². The van der Waals surface area contributed by atoms with Crippen LogP contribution in [0.25, 0.3) is 0 Å². The summed E-state index contributed by atoms with van der Waals surface area (Å²) in [6, 6.07) is 3.56. The van der Waals surface area contributed by atoms with Crippen LogP contribution in [0, 0.1) is 0 Å². The third-order valence-corrected chi connectivity index (χ3v) is 3.66. The van der Waals surface area contributed by atoms with Crippen LogP contribution in [-0.4, -0.2) is 27.8 Å². The van der Waals surface area contributed by atoms with E-state index in [4.69, 9.17) is 0 Å². The molecular formula is C13H17N3O2S. The Hall–Kier alpha value is -1.66. The molecule has 2 aromatic heterocycles. The second-order valence-electron chi connectivity index (χ2n) is 4.60. The molecule has 19 heavy (non-hydrogen) atoms. The van der Waals surface area contributed by atoms with E-state index in [1.54, 1.807) is 13.0 Å². The summed E-state index contributed by atoms with van der Waals surface area (Å²) in [5.74, 6) is -0.286. The van der Waals surface area contributed by atoms with Crippen LogP contribution < -0.4 is 5.32 Å². The highest BCUT2D eigenvalue weighted by molar-refractivity contribution is 7.08. The van der Waals surface area contributed by atoms with Crippen LogP contribution in [-0.2, 0) is 12.0 Å². The van der Waals surface area contributed by atoms with Gasteiger partial charge in [0.1, 0.15) is 11.3 Å². The van der Waals surface area contributed by atoms with E-state index in [1.807, 2.05) is 23.8 Å². The van der Waals surface area contributed by atoms with Crippen LogP contribution in [0.2, 0.25) is 0 Å². The normalized spacial score (nSPS) is 14.1. The Morgan fingerprint density at radius 3 is 3.00 bits per heavy atom. The predicted molar refractivity (Wildman–Crippen MR) is 74.2 cm³/mol. The number of aryl methyl sites for hydroxylation is 1. The van der Waals surface area contributed by atoms with Crippen molar-refractivity contribution in [3.63, 3.8) is 0 Å². The topological polar surface area (TPSA) is 78.0 Å². The number of hydrogen-bond acceptors (Lipinski definition) is 4. The van der Waals surface area contributed by atoms with E-state index in [0.717, 1.165) is 17.7 Å². The average molecular weight is 279 g/mol. The van der Waals surface area contributed by atoms with Crippen molar-refractivity contribution in [1.82, 2.24) is 15.5 Å². The molecule has 2 aromatic rings. The molecular weight excluding hydrogens is 262 g/mol. The Morgan fingerprint density at radius 2 is 2.42 bits per heavy atom. The van der Waals surface area contributed by atoms with Crippen molar-refractivity contribution in [2.75, 3.05) is 6.54 Å². The summed E-state index contributed by atoms with van der Waals surface area (Å²) in [4.78, 5) is 11.9. The van der Waals surface area contributed by atoms with E-state index in [0.29, 0.717) is 5.69 Å². The quantitative estimate of drug-likeness (QED) is 0.779. The van der Waals surface area contributed by atoms with E-state index >= 15 is 0 Å². The lowest BCUT2D eigenvalue weighted by Crippen LogP contribution is -2.38. The number of thiophene rings is 1. The summed E-state index contributed by atoms with van der Waals surface area (Å²) in [7, 11) is 0. The lowest BCUT2D eigenvalue weighted by atomic mass is 9.99. The molecule has 1 amide bonds. The molecule has 0 aromatic carbocycles. The fraction of sp³-hybridized carbons (Fsp3) is 0.385. The molecule has 1 atom stereocenters. The van der Waals surface area contributed by atoms with Gasteiger partial charge >= 0.3 is 0 Å². The first-order chi connectivity index (χ1) is 9.03. The average Bonchev–Trinajstić information content (AvgIpc) is 3.06. The zero-order valence-electron chi connectivity index (χ0n) is 10.9. The number of aromatic nitrogens is 2. The number of carbonyl (C=O) groups excluding carboxylic acids is 1. The third kappa shape index (κ3) is 3.21. The van der Waals surface area contributed by atoms with E-state index < -0.39 is 5.60 Å². The van der Waals surface area contributed by atoms with Crippen molar-refractivity contribution in [1.29, 1.82) is 0 Å². The summed E-state index contributed by atoms with van der Waals surface area (Å²) < 4.78 is 0. The zero-order chi connectivity index (χ0) is 13.9. The second kappa shape index (κ2) is 5.54. The summed E-state index contributed by atoms with van der Waals surface area (Å²) >= 11 is 1.51. The molecule has 0 saturated carbocycles. The maximum absolute atomic E-state index is 11.9. The minimum atomic E-state index is -1.07. The van der Waals surface area contributed by atoms with E-state index in [1.165, 1.54) is 11.3 Å². The first-order valence-corrected chi connectivity index (χ1v) is 7.04.